The van der Waals surface area contributed by atoms with Gasteiger partial charge in [0, 0.05) is 32.8 Å². The molecule has 8 heteroatoms. The average Bonchev–Trinajstić information content (AvgIpc) is 3.18. The molecule has 0 radical (unpaired) electrons. The molecule has 0 fully saturated rings. The molecular weight excluding hydrogens is 540 g/mol. The van der Waals surface area contributed by atoms with Crippen LogP contribution >= 0.6 is 21.0 Å². The summed E-state index contributed by atoms with van der Waals surface area (Å²) in [5.74, 6) is 1.24. The van der Waals surface area contributed by atoms with Gasteiger partial charge in [-0.05, 0) is 86.2 Å². The summed E-state index contributed by atoms with van der Waals surface area (Å²) >= 11 is -0.854. The summed E-state index contributed by atoms with van der Waals surface area (Å²) < 4.78 is 45.5. The lowest BCUT2D eigenvalue weighted by Gasteiger charge is -2.35. The fourth-order valence-electron chi connectivity index (χ4n) is 5.03. The first-order valence-corrected chi connectivity index (χ1v) is 13.6. The first-order valence-electron chi connectivity index (χ1n) is 11.4. The van der Waals surface area contributed by atoms with Crippen LogP contribution in [0.2, 0.25) is 0 Å². The molecule has 33 heavy (non-hydrogen) atoms. The van der Waals surface area contributed by atoms with E-state index in [4.69, 9.17) is 5.73 Å². The molecule has 3 heterocycles. The third-order valence-electron chi connectivity index (χ3n) is 6.51. The van der Waals surface area contributed by atoms with Crippen LogP contribution < -0.4 is 9.26 Å². The topological polar surface area (TPSA) is 63.8 Å². The molecule has 0 bridgehead atoms. The average molecular weight is 570 g/mol. The largest absolute Gasteiger partial charge is 0.418 e. The lowest BCUT2D eigenvalue weighted by atomic mass is 9.71. The molecule has 2 aromatic rings. The molecule has 0 spiro atoms. The third-order valence-corrected chi connectivity index (χ3v) is 8.92. The highest BCUT2D eigenvalue weighted by Gasteiger charge is 2.37. The zero-order valence-corrected chi connectivity index (χ0v) is 21.1. The molecule has 1 aliphatic heterocycles. The quantitative estimate of drug-likeness (QED) is 0.310. The molecule has 4 rings (SSSR count). The summed E-state index contributed by atoms with van der Waals surface area (Å²) in [6, 6.07) is 6.31. The molecule has 1 atom stereocenters. The van der Waals surface area contributed by atoms with Crippen molar-refractivity contribution in [2.45, 2.75) is 58.5 Å². The van der Waals surface area contributed by atoms with E-state index in [2.05, 4.69) is 33.4 Å². The number of alkyl halides is 3. The summed E-state index contributed by atoms with van der Waals surface area (Å²) in [5, 5.41) is 0. The van der Waals surface area contributed by atoms with Crippen LogP contribution in [0.3, 0.4) is 0 Å². The molecule has 4 nitrogen and oxygen atoms in total. The van der Waals surface area contributed by atoms with E-state index in [-0.39, 0.29) is 11.1 Å². The maximum Gasteiger partial charge on any atom is 0.418 e. The number of fused-ring (bicyclic) bond motifs is 1. The molecular formula is C25H30F3IN4. The van der Waals surface area contributed by atoms with Crippen molar-refractivity contribution in [3.05, 3.63) is 59.1 Å². The van der Waals surface area contributed by atoms with Crippen LogP contribution in [0.25, 0.3) is 5.57 Å². The SMILES string of the molecule is CC(C)CC1(CN)CC/C=C(\c2ccc(C(F)(F)F)c(C3=INc4ncccc43)n2)CCC1. The summed E-state index contributed by atoms with van der Waals surface area (Å²) in [7, 11) is 0. The number of rotatable bonds is 5. The number of pyridine rings is 2. The smallest absolute Gasteiger partial charge is 0.330 e. The minimum Gasteiger partial charge on any atom is -0.330 e. The van der Waals surface area contributed by atoms with Crippen LogP contribution in [0, 0.1) is 11.3 Å². The van der Waals surface area contributed by atoms with Crippen molar-refractivity contribution in [3.63, 3.8) is 0 Å². The number of nitrogens with two attached hydrogens (primary N) is 1. The Labute approximate surface area is 203 Å². The Bertz CT molecular complexity index is 1080. The van der Waals surface area contributed by atoms with Crippen molar-refractivity contribution in [1.82, 2.24) is 9.97 Å². The van der Waals surface area contributed by atoms with Crippen LogP contribution in [-0.4, -0.2) is 20.0 Å². The Hall–Kier alpha value is -1.81. The second kappa shape index (κ2) is 9.82. The number of hydrogen-bond acceptors (Lipinski definition) is 4. The number of anilines is 1. The maximum absolute atomic E-state index is 13.9. The van der Waals surface area contributed by atoms with Gasteiger partial charge >= 0.3 is 6.18 Å². The number of halogens is 4. The lowest BCUT2D eigenvalue weighted by molar-refractivity contribution is -0.137. The van der Waals surface area contributed by atoms with E-state index >= 15 is 0 Å². The minimum absolute atomic E-state index is 0.0473. The first-order chi connectivity index (χ1) is 15.7. The van der Waals surface area contributed by atoms with Crippen LogP contribution in [-0.2, 0) is 6.18 Å². The number of nitrogens with one attached hydrogen (secondary N) is 1. The molecule has 2 aromatic heterocycles. The van der Waals surface area contributed by atoms with Crippen LogP contribution in [0.5, 0.6) is 0 Å². The second-order valence-electron chi connectivity index (χ2n) is 9.42. The Balaban J connectivity index is 1.68. The van der Waals surface area contributed by atoms with E-state index in [0.717, 1.165) is 49.7 Å². The van der Waals surface area contributed by atoms with Crippen molar-refractivity contribution in [3.8, 4) is 0 Å². The summed E-state index contributed by atoms with van der Waals surface area (Å²) in [6.45, 7) is 5.15. The predicted molar refractivity (Wildman–Crippen MR) is 136 cm³/mol. The van der Waals surface area contributed by atoms with E-state index in [1.165, 1.54) is 12.1 Å². The molecule has 0 saturated carbocycles. The van der Waals surface area contributed by atoms with Crippen LogP contribution in [0.15, 0.2) is 36.5 Å². The molecule has 1 unspecified atom stereocenters. The first kappa shape index (κ1) is 24.3. The Morgan fingerprint density at radius 1 is 1.21 bits per heavy atom. The zero-order chi connectivity index (χ0) is 23.6. The highest BCUT2D eigenvalue weighted by Crippen LogP contribution is 2.41. The van der Waals surface area contributed by atoms with Gasteiger partial charge in [0.15, 0.2) is 0 Å². The van der Waals surface area contributed by atoms with Gasteiger partial charge in [-0.2, -0.15) is 13.2 Å². The zero-order valence-electron chi connectivity index (χ0n) is 19.0. The van der Waals surface area contributed by atoms with Gasteiger partial charge in [0.25, 0.3) is 0 Å². The van der Waals surface area contributed by atoms with Gasteiger partial charge in [0.2, 0.25) is 0 Å². The standard InChI is InChI=1S/C25H30F3IN4/c1-16(2)14-24(15-30)11-3-6-17(7-4-12-24)20-10-9-19(25(26,27)28)22(32-20)21-18-8-5-13-31-23(18)33-29-21/h5-6,8-10,13,16H,3-4,7,11-12,14-15,30H2,1-2H3,(H,31,33)/b17-6-. The van der Waals surface area contributed by atoms with Crippen molar-refractivity contribution >= 4 is 35.9 Å². The highest BCUT2D eigenvalue weighted by atomic mass is 127. The second-order valence-corrected chi connectivity index (χ2v) is 11.6. The van der Waals surface area contributed by atoms with Crippen molar-refractivity contribution in [1.29, 1.82) is 0 Å². The number of hydrogen-bond donors (Lipinski definition) is 2. The van der Waals surface area contributed by atoms with E-state index in [9.17, 15) is 13.2 Å². The van der Waals surface area contributed by atoms with Gasteiger partial charge in [-0.15, -0.1) is 0 Å². The summed E-state index contributed by atoms with van der Waals surface area (Å²) in [5.41, 5.74) is 8.13. The van der Waals surface area contributed by atoms with E-state index in [1.54, 1.807) is 12.3 Å². The summed E-state index contributed by atoms with van der Waals surface area (Å²) in [4.78, 5) is 8.90. The van der Waals surface area contributed by atoms with Crippen molar-refractivity contribution in [2.75, 3.05) is 10.1 Å². The highest BCUT2D eigenvalue weighted by molar-refractivity contribution is 14.2. The summed E-state index contributed by atoms with van der Waals surface area (Å²) in [6.07, 6.45) is 5.15. The molecule has 178 valence electrons. The number of nitrogens with zero attached hydrogens (tertiary/aromatic N) is 2. The Morgan fingerprint density at radius 3 is 2.76 bits per heavy atom. The molecule has 3 N–H and O–H groups in total. The fourth-order valence-corrected chi connectivity index (χ4v) is 7.38. The van der Waals surface area contributed by atoms with Crippen LogP contribution in [0.4, 0.5) is 19.0 Å². The van der Waals surface area contributed by atoms with E-state index < -0.39 is 32.7 Å². The molecule has 0 saturated heterocycles. The monoisotopic (exact) mass is 570 g/mol. The van der Waals surface area contributed by atoms with Crippen LogP contribution in [0.1, 0.15) is 74.9 Å². The molecule has 2 aliphatic rings. The van der Waals surface area contributed by atoms with Gasteiger partial charge in [-0.3, -0.25) is 0 Å². The normalized spacial score (nSPS) is 22.9. The minimum atomic E-state index is -4.46. The Kier molecular flexibility index (Phi) is 7.23. The number of allylic oxidation sites excluding steroid dienone is 2. The van der Waals surface area contributed by atoms with E-state index in [1.807, 2.05) is 6.07 Å². The van der Waals surface area contributed by atoms with Gasteiger partial charge in [0.1, 0.15) is 5.82 Å². The molecule has 1 aliphatic carbocycles. The molecule has 0 aromatic carbocycles. The van der Waals surface area contributed by atoms with E-state index in [0.29, 0.717) is 27.5 Å². The van der Waals surface area contributed by atoms with Gasteiger partial charge < -0.3 is 9.26 Å². The van der Waals surface area contributed by atoms with Crippen molar-refractivity contribution in [2.24, 2.45) is 17.1 Å². The van der Waals surface area contributed by atoms with Gasteiger partial charge in [-0.25, -0.2) is 9.97 Å². The predicted octanol–water partition coefficient (Wildman–Crippen LogP) is 6.71. The number of aromatic nitrogens is 2. The van der Waals surface area contributed by atoms with Crippen molar-refractivity contribution < 1.29 is 13.2 Å². The lowest BCUT2D eigenvalue weighted by Crippen LogP contribution is -2.32. The van der Waals surface area contributed by atoms with Gasteiger partial charge in [-0.1, -0.05) is 19.9 Å². The third kappa shape index (κ3) is 5.31. The maximum atomic E-state index is 13.9. The Morgan fingerprint density at radius 2 is 2.03 bits per heavy atom. The van der Waals surface area contributed by atoms with Gasteiger partial charge in [0.05, 0.1) is 20.5 Å². The fraction of sp³-hybridized carbons (Fsp3) is 0.480. The molecule has 0 amide bonds.